The van der Waals surface area contributed by atoms with Crippen molar-refractivity contribution in [3.8, 4) is 22.9 Å². The van der Waals surface area contributed by atoms with Gasteiger partial charge in [-0.3, -0.25) is 14.4 Å². The number of hydrogen-bond acceptors (Lipinski definition) is 8. The van der Waals surface area contributed by atoms with E-state index < -0.39 is 29.4 Å². The molecule has 0 saturated heterocycles. The summed E-state index contributed by atoms with van der Waals surface area (Å²) in [5, 5.41) is 7.08. The summed E-state index contributed by atoms with van der Waals surface area (Å²) < 4.78 is 12.5. The van der Waals surface area contributed by atoms with Gasteiger partial charge in [0.2, 0.25) is 17.7 Å². The quantitative estimate of drug-likeness (QED) is 0.301. The van der Waals surface area contributed by atoms with Crippen molar-refractivity contribution in [1.82, 2.24) is 20.2 Å². The van der Waals surface area contributed by atoms with Crippen molar-refractivity contribution in [2.45, 2.75) is 95.1 Å². The van der Waals surface area contributed by atoms with E-state index in [0.717, 1.165) is 57.9 Å². The number of nitrogens with two attached hydrogens (primary N) is 1. The SMILES string of the molecule is COc1ccc2c(OC3CC4C(=O)NC5(C(N)=O)CC5C=CCCCCN(C)C(=O)C4C3)cc(-c3csc(C4CCCCC4)n3)nc2c1C. The number of hydrogen-bond donors (Lipinski definition) is 2. The summed E-state index contributed by atoms with van der Waals surface area (Å²) in [6.07, 6.45) is 13.6. The van der Waals surface area contributed by atoms with Gasteiger partial charge in [-0.2, -0.15) is 0 Å². The van der Waals surface area contributed by atoms with E-state index >= 15 is 0 Å². The molecular weight excluding hydrogens is 639 g/mol. The third-order valence-corrected chi connectivity index (χ3v) is 12.2. The van der Waals surface area contributed by atoms with Gasteiger partial charge in [-0.25, -0.2) is 9.97 Å². The van der Waals surface area contributed by atoms with Gasteiger partial charge in [0.1, 0.15) is 23.1 Å². The number of ether oxygens (including phenoxy) is 2. The first kappa shape index (κ1) is 33.5. The van der Waals surface area contributed by atoms with Crippen LogP contribution in [0.25, 0.3) is 22.3 Å². The van der Waals surface area contributed by atoms with Crippen LogP contribution in [0.1, 0.15) is 87.1 Å². The van der Waals surface area contributed by atoms with E-state index in [0.29, 0.717) is 37.5 Å². The van der Waals surface area contributed by atoms with Crippen molar-refractivity contribution in [3.05, 3.63) is 46.3 Å². The number of nitrogens with one attached hydrogen (secondary N) is 1. The highest BCUT2D eigenvalue weighted by Crippen LogP contribution is 2.46. The fraction of sp³-hybridized carbons (Fsp3) is 0.553. The van der Waals surface area contributed by atoms with E-state index in [9.17, 15) is 14.4 Å². The van der Waals surface area contributed by atoms with Crippen molar-refractivity contribution in [1.29, 1.82) is 0 Å². The maximum Gasteiger partial charge on any atom is 0.243 e. The third kappa shape index (κ3) is 6.54. The summed E-state index contributed by atoms with van der Waals surface area (Å²) in [5.74, 6) is -0.435. The molecule has 0 radical (unpaired) electrons. The molecule has 1 aromatic carbocycles. The predicted molar refractivity (Wildman–Crippen MR) is 189 cm³/mol. The van der Waals surface area contributed by atoms with Crippen molar-refractivity contribution in [2.75, 3.05) is 20.7 Å². The summed E-state index contributed by atoms with van der Waals surface area (Å²) in [4.78, 5) is 52.4. The van der Waals surface area contributed by atoms with Crippen LogP contribution in [0.15, 0.2) is 35.7 Å². The number of amides is 3. The maximum atomic E-state index is 14.0. The highest BCUT2D eigenvalue weighted by molar-refractivity contribution is 7.10. The van der Waals surface area contributed by atoms with Crippen molar-refractivity contribution in [3.63, 3.8) is 0 Å². The molecular formula is C38H47N5O5S. The molecule has 5 unspecified atom stereocenters. The topological polar surface area (TPSA) is 137 Å². The molecule has 260 valence electrons. The number of methoxy groups -OCH3 is 1. The van der Waals surface area contributed by atoms with Crippen LogP contribution in [-0.4, -0.2) is 64.9 Å². The smallest absolute Gasteiger partial charge is 0.243 e. The number of fused-ring (bicyclic) bond motifs is 3. The van der Waals surface area contributed by atoms with Crippen molar-refractivity contribution in [2.24, 2.45) is 23.5 Å². The van der Waals surface area contributed by atoms with Gasteiger partial charge in [0.25, 0.3) is 0 Å². The highest BCUT2D eigenvalue weighted by Gasteiger charge is 2.60. The summed E-state index contributed by atoms with van der Waals surface area (Å²) in [5.41, 5.74) is 7.94. The van der Waals surface area contributed by atoms with E-state index in [2.05, 4.69) is 16.8 Å². The lowest BCUT2D eigenvalue weighted by atomic mass is 9.90. The van der Waals surface area contributed by atoms with Gasteiger partial charge in [0.15, 0.2) is 0 Å². The van der Waals surface area contributed by atoms with Gasteiger partial charge < -0.3 is 25.4 Å². The number of thiazole rings is 1. The molecule has 4 aliphatic rings. The number of aromatic nitrogens is 2. The van der Waals surface area contributed by atoms with Crippen molar-refractivity contribution < 1.29 is 23.9 Å². The summed E-state index contributed by atoms with van der Waals surface area (Å²) in [6.45, 7) is 2.61. The second-order valence-electron chi connectivity index (χ2n) is 14.4. The van der Waals surface area contributed by atoms with Gasteiger partial charge in [0.05, 0.1) is 40.9 Å². The Morgan fingerprint density at radius 2 is 1.84 bits per heavy atom. The molecule has 5 atom stereocenters. The van der Waals surface area contributed by atoms with Crippen LogP contribution in [0.5, 0.6) is 11.5 Å². The highest BCUT2D eigenvalue weighted by atomic mass is 32.1. The number of carbonyl (C=O) groups is 3. The molecule has 3 amide bonds. The fourth-order valence-corrected chi connectivity index (χ4v) is 9.17. The van der Waals surface area contributed by atoms with Gasteiger partial charge in [-0.05, 0) is 70.4 Å². The monoisotopic (exact) mass is 685 g/mol. The summed E-state index contributed by atoms with van der Waals surface area (Å²) >= 11 is 1.70. The minimum Gasteiger partial charge on any atom is -0.496 e. The van der Waals surface area contributed by atoms with Crippen LogP contribution in [0.2, 0.25) is 0 Å². The van der Waals surface area contributed by atoms with Gasteiger partial charge in [-0.15, -0.1) is 11.3 Å². The number of primary amides is 1. The molecule has 0 spiro atoms. The molecule has 3 aromatic rings. The van der Waals surface area contributed by atoms with Crippen LogP contribution in [-0.2, 0) is 14.4 Å². The number of rotatable bonds is 6. The lowest BCUT2D eigenvalue weighted by Gasteiger charge is -2.26. The first-order valence-electron chi connectivity index (χ1n) is 17.8. The van der Waals surface area contributed by atoms with Crippen molar-refractivity contribution >= 4 is 40.0 Å². The average molecular weight is 686 g/mol. The van der Waals surface area contributed by atoms with Gasteiger partial charge in [-0.1, -0.05) is 31.4 Å². The Morgan fingerprint density at radius 1 is 1.04 bits per heavy atom. The molecule has 7 rings (SSSR count). The molecule has 3 heterocycles. The van der Waals surface area contributed by atoms with E-state index in [1.54, 1.807) is 23.3 Å². The van der Waals surface area contributed by atoms with E-state index in [1.165, 1.54) is 32.1 Å². The Balaban J connectivity index is 1.21. The standard InChI is InChI=1S/C38H47N5O5S/c1-22-31(47-3)15-14-26-32(19-29(40-33(22)26)30-21-49-35(41-30)23-11-7-6-8-12-23)48-25-17-27-28(18-25)36(45)43(2)16-10-5-4-9-13-24-20-38(24,37(39)46)42-34(27)44/h9,13-15,19,21,23-25,27-28H,4-8,10-12,16-18,20H2,1-3H3,(H2,39,46)(H,42,44). The fourth-order valence-electron chi connectivity index (χ4n) is 8.19. The van der Waals surface area contributed by atoms with Crippen LogP contribution < -0.4 is 20.5 Å². The summed E-state index contributed by atoms with van der Waals surface area (Å²) in [6, 6.07) is 5.82. The van der Waals surface area contributed by atoms with E-state index in [1.807, 2.05) is 38.2 Å². The number of nitrogens with zero attached hydrogens (tertiary/aromatic N) is 3. The Bertz CT molecular complexity index is 1780. The third-order valence-electron chi connectivity index (χ3n) is 11.2. The molecule has 11 heteroatoms. The first-order chi connectivity index (χ1) is 23.7. The number of benzene rings is 1. The second-order valence-corrected chi connectivity index (χ2v) is 15.3. The molecule has 3 N–H and O–H groups in total. The van der Waals surface area contributed by atoms with Crippen LogP contribution in [0.3, 0.4) is 0 Å². The molecule has 10 nitrogen and oxygen atoms in total. The number of aryl methyl sites for hydroxylation is 1. The molecule has 3 fully saturated rings. The predicted octanol–water partition coefficient (Wildman–Crippen LogP) is 6.06. The molecule has 2 aromatic heterocycles. The first-order valence-corrected chi connectivity index (χ1v) is 18.7. The average Bonchev–Trinajstić information content (AvgIpc) is 3.40. The van der Waals surface area contributed by atoms with E-state index in [-0.39, 0.29) is 17.7 Å². The minimum absolute atomic E-state index is 0.0714. The lowest BCUT2D eigenvalue weighted by Crippen LogP contribution is -2.51. The zero-order valence-corrected chi connectivity index (χ0v) is 29.5. The summed E-state index contributed by atoms with van der Waals surface area (Å²) in [7, 11) is 3.46. The largest absolute Gasteiger partial charge is 0.496 e. The number of pyridine rings is 1. The Kier molecular flexibility index (Phi) is 9.39. The van der Waals surface area contributed by atoms with Gasteiger partial charge in [0, 0.05) is 47.8 Å². The molecule has 0 bridgehead atoms. The van der Waals surface area contributed by atoms with Crippen LogP contribution in [0, 0.1) is 24.7 Å². The maximum absolute atomic E-state index is 14.0. The normalized spacial score (nSPS) is 28.0. The van der Waals surface area contributed by atoms with Crippen LogP contribution >= 0.6 is 11.3 Å². The molecule has 49 heavy (non-hydrogen) atoms. The number of allylic oxidation sites excluding steroid dienone is 1. The van der Waals surface area contributed by atoms with E-state index in [4.69, 9.17) is 25.2 Å². The Hall–Kier alpha value is -3.99. The molecule has 3 aliphatic carbocycles. The zero-order valence-electron chi connectivity index (χ0n) is 28.7. The Morgan fingerprint density at radius 3 is 2.61 bits per heavy atom. The Labute approximate surface area is 291 Å². The number of carbonyl (C=O) groups excluding carboxylic acids is 3. The zero-order chi connectivity index (χ0) is 34.3. The van der Waals surface area contributed by atoms with Gasteiger partial charge >= 0.3 is 0 Å². The molecule has 1 aliphatic heterocycles. The minimum atomic E-state index is -1.10. The lowest BCUT2D eigenvalue weighted by molar-refractivity contribution is -0.140. The van der Waals surface area contributed by atoms with Crippen LogP contribution in [0.4, 0.5) is 0 Å². The molecule has 3 saturated carbocycles. The second kappa shape index (κ2) is 13.7.